The lowest BCUT2D eigenvalue weighted by Gasteiger charge is -2.10. The van der Waals surface area contributed by atoms with E-state index in [1.165, 1.54) is 12.1 Å². The van der Waals surface area contributed by atoms with Crippen molar-refractivity contribution in [2.75, 3.05) is 0 Å². The Morgan fingerprint density at radius 3 is 2.06 bits per heavy atom. The normalized spacial score (nSPS) is 12.6. The van der Waals surface area contributed by atoms with Gasteiger partial charge in [-0.15, -0.1) is 0 Å². The number of alkyl halides is 3. The molecule has 0 saturated carbocycles. The van der Waals surface area contributed by atoms with Crippen LogP contribution < -0.4 is 0 Å². The molecule has 92 valence electrons. The minimum Gasteiger partial charge on any atom is -0.259 e. The van der Waals surface area contributed by atoms with E-state index in [-0.39, 0.29) is 11.8 Å². The summed E-state index contributed by atoms with van der Waals surface area (Å²) in [5.74, 6) is 0. The molecule has 17 heavy (non-hydrogen) atoms. The van der Waals surface area contributed by atoms with E-state index in [9.17, 15) is 23.3 Å². The van der Waals surface area contributed by atoms with Crippen molar-refractivity contribution in [1.29, 1.82) is 0 Å². The highest BCUT2D eigenvalue weighted by molar-refractivity contribution is 5.69. The average molecular weight is 245 g/mol. The summed E-state index contributed by atoms with van der Waals surface area (Å²) in [4.78, 5) is 9.13. The quantitative estimate of drug-likeness (QED) is 0.591. The zero-order chi connectivity index (χ0) is 13.2. The molecule has 0 N–H and O–H groups in total. The fraction of sp³-hybridized carbons (Fsp3) is 0.273. The summed E-state index contributed by atoms with van der Waals surface area (Å²) >= 11 is 0. The maximum Gasteiger partial charge on any atom is 0.422 e. The summed E-state index contributed by atoms with van der Waals surface area (Å²) in [7, 11) is 0. The molecule has 0 amide bonds. The van der Waals surface area contributed by atoms with E-state index in [2.05, 4.69) is 0 Å². The van der Waals surface area contributed by atoms with Crippen LogP contribution in [0.5, 0.6) is 0 Å². The first-order chi connectivity index (χ1) is 7.70. The number of allylic oxidation sites excluding steroid dienone is 1. The van der Waals surface area contributed by atoms with Crippen LogP contribution in [0.15, 0.2) is 24.4 Å². The van der Waals surface area contributed by atoms with E-state index in [0.29, 0.717) is 11.1 Å². The maximum atomic E-state index is 12.7. The van der Waals surface area contributed by atoms with E-state index in [4.69, 9.17) is 0 Å². The molecule has 0 radical (unpaired) electrons. The molecule has 0 aliphatic heterocycles. The van der Waals surface area contributed by atoms with Gasteiger partial charge in [0.05, 0.1) is 4.92 Å². The SMILES string of the molecule is Cc1cc(C)cc(C(=C[N+](=O)[O-])C(F)(F)F)c1. The van der Waals surface area contributed by atoms with Gasteiger partial charge in [-0.3, -0.25) is 10.1 Å². The molecule has 0 unspecified atom stereocenters. The molecule has 0 bridgehead atoms. The van der Waals surface area contributed by atoms with Gasteiger partial charge >= 0.3 is 6.18 Å². The molecule has 0 spiro atoms. The Kier molecular flexibility index (Phi) is 3.55. The summed E-state index contributed by atoms with van der Waals surface area (Å²) in [6.07, 6.45) is -4.75. The number of nitro groups is 1. The van der Waals surface area contributed by atoms with Gasteiger partial charge < -0.3 is 0 Å². The van der Waals surface area contributed by atoms with Gasteiger partial charge in [0.1, 0.15) is 5.57 Å². The summed E-state index contributed by atoms with van der Waals surface area (Å²) < 4.78 is 38.0. The van der Waals surface area contributed by atoms with Crippen molar-refractivity contribution in [3.63, 3.8) is 0 Å². The molecule has 0 heterocycles. The number of benzene rings is 1. The summed E-state index contributed by atoms with van der Waals surface area (Å²) in [6.45, 7) is 3.27. The van der Waals surface area contributed by atoms with Gasteiger partial charge in [-0.05, 0) is 19.4 Å². The number of hydrogen-bond acceptors (Lipinski definition) is 2. The fourth-order valence-corrected chi connectivity index (χ4v) is 1.55. The molecule has 6 heteroatoms. The lowest BCUT2D eigenvalue weighted by molar-refractivity contribution is -0.402. The van der Waals surface area contributed by atoms with Crippen LogP contribution in [0.4, 0.5) is 13.2 Å². The van der Waals surface area contributed by atoms with Crippen LogP contribution in [-0.4, -0.2) is 11.1 Å². The monoisotopic (exact) mass is 245 g/mol. The Labute approximate surface area is 95.7 Å². The van der Waals surface area contributed by atoms with Crippen molar-refractivity contribution >= 4 is 5.57 Å². The molecular formula is C11H10F3NO2. The van der Waals surface area contributed by atoms with Gasteiger partial charge in [0.15, 0.2) is 0 Å². The second-order valence-corrected chi connectivity index (χ2v) is 3.70. The van der Waals surface area contributed by atoms with Crippen molar-refractivity contribution in [1.82, 2.24) is 0 Å². The third-order valence-electron chi connectivity index (χ3n) is 2.07. The van der Waals surface area contributed by atoms with Crippen LogP contribution in [0, 0.1) is 24.0 Å². The second-order valence-electron chi connectivity index (χ2n) is 3.70. The lowest BCUT2D eigenvalue weighted by atomic mass is 10.0. The Balaban J connectivity index is 3.38. The number of hydrogen-bond donors (Lipinski definition) is 0. The minimum absolute atomic E-state index is 0.00574. The van der Waals surface area contributed by atoms with Gasteiger partial charge in [0.2, 0.25) is 6.20 Å². The smallest absolute Gasteiger partial charge is 0.259 e. The highest BCUT2D eigenvalue weighted by atomic mass is 19.4. The van der Waals surface area contributed by atoms with Crippen molar-refractivity contribution in [3.05, 3.63) is 51.2 Å². The highest BCUT2D eigenvalue weighted by Crippen LogP contribution is 2.34. The molecule has 1 aromatic carbocycles. The predicted molar refractivity (Wildman–Crippen MR) is 56.9 cm³/mol. The third kappa shape index (κ3) is 3.58. The van der Waals surface area contributed by atoms with E-state index in [0.717, 1.165) is 0 Å². The number of rotatable bonds is 2. The second kappa shape index (κ2) is 4.57. The van der Waals surface area contributed by atoms with Crippen molar-refractivity contribution in [2.45, 2.75) is 20.0 Å². The highest BCUT2D eigenvalue weighted by Gasteiger charge is 2.37. The van der Waals surface area contributed by atoms with E-state index in [1.54, 1.807) is 19.9 Å². The van der Waals surface area contributed by atoms with Crippen molar-refractivity contribution < 1.29 is 18.1 Å². The topological polar surface area (TPSA) is 43.1 Å². The molecule has 1 aromatic rings. The molecule has 3 nitrogen and oxygen atoms in total. The van der Waals surface area contributed by atoms with E-state index >= 15 is 0 Å². The minimum atomic E-state index is -4.74. The first-order valence-corrected chi connectivity index (χ1v) is 4.71. The van der Waals surface area contributed by atoms with Crippen LogP contribution >= 0.6 is 0 Å². The van der Waals surface area contributed by atoms with Crippen LogP contribution in [-0.2, 0) is 0 Å². The predicted octanol–water partition coefficient (Wildman–Crippen LogP) is 3.48. The van der Waals surface area contributed by atoms with Crippen LogP contribution in [0.1, 0.15) is 16.7 Å². The number of nitrogens with zero attached hydrogens (tertiary/aromatic N) is 1. The first-order valence-electron chi connectivity index (χ1n) is 4.71. The Hall–Kier alpha value is -1.85. The molecule has 1 rings (SSSR count). The molecule has 0 fully saturated rings. The van der Waals surface area contributed by atoms with Gasteiger partial charge in [-0.25, -0.2) is 0 Å². The zero-order valence-electron chi connectivity index (χ0n) is 9.21. The Morgan fingerprint density at radius 2 is 1.71 bits per heavy atom. The van der Waals surface area contributed by atoms with Gasteiger partial charge in [-0.2, -0.15) is 13.2 Å². The lowest BCUT2D eigenvalue weighted by Crippen LogP contribution is -2.12. The zero-order valence-corrected chi connectivity index (χ0v) is 9.21. The first kappa shape index (κ1) is 13.2. The molecule has 0 saturated heterocycles. The average Bonchev–Trinajstić information content (AvgIpc) is 2.10. The van der Waals surface area contributed by atoms with Gasteiger partial charge in [-0.1, -0.05) is 29.3 Å². The Morgan fingerprint density at radius 1 is 1.24 bits per heavy atom. The number of halogens is 3. The molecule has 0 aliphatic rings. The fourth-order valence-electron chi connectivity index (χ4n) is 1.55. The van der Waals surface area contributed by atoms with Crippen molar-refractivity contribution in [2.24, 2.45) is 0 Å². The third-order valence-corrected chi connectivity index (χ3v) is 2.07. The van der Waals surface area contributed by atoms with Crippen molar-refractivity contribution in [3.8, 4) is 0 Å². The summed E-state index contributed by atoms with van der Waals surface area (Å²) in [5.41, 5.74) is -0.182. The molecular weight excluding hydrogens is 235 g/mol. The van der Waals surface area contributed by atoms with Gasteiger partial charge in [0, 0.05) is 0 Å². The number of aryl methyl sites for hydroxylation is 2. The van der Waals surface area contributed by atoms with Crippen LogP contribution in [0.2, 0.25) is 0 Å². The standard InChI is InChI=1S/C11H10F3NO2/c1-7-3-8(2)5-9(4-7)10(6-15(16)17)11(12,13)14/h3-6H,1-2H3. The molecule has 0 aliphatic carbocycles. The van der Waals surface area contributed by atoms with Gasteiger partial charge in [0.25, 0.3) is 0 Å². The van der Waals surface area contributed by atoms with Crippen LogP contribution in [0.25, 0.3) is 5.57 Å². The van der Waals surface area contributed by atoms with Crippen LogP contribution in [0.3, 0.4) is 0 Å². The molecule has 0 aromatic heterocycles. The maximum absolute atomic E-state index is 12.7. The van der Waals surface area contributed by atoms with E-state index < -0.39 is 16.7 Å². The summed E-state index contributed by atoms with van der Waals surface area (Å²) in [6, 6.07) is 4.25. The molecule has 0 atom stereocenters. The Bertz CT molecular complexity index is 458. The summed E-state index contributed by atoms with van der Waals surface area (Å²) in [5, 5.41) is 10.2. The van der Waals surface area contributed by atoms with E-state index in [1.807, 2.05) is 0 Å². The largest absolute Gasteiger partial charge is 0.422 e.